The van der Waals surface area contributed by atoms with E-state index < -0.39 is 5.97 Å². The van der Waals surface area contributed by atoms with E-state index in [2.05, 4.69) is 10.6 Å². The molecule has 1 amide bonds. The Bertz CT molecular complexity index is 420. The number of nitrogens with one attached hydrogen (secondary N) is 2. The lowest BCUT2D eigenvalue weighted by Gasteiger charge is -2.32. The maximum Gasteiger partial charge on any atom is 0.303 e. The van der Waals surface area contributed by atoms with Crippen molar-refractivity contribution in [2.24, 2.45) is 5.92 Å². The quantitative estimate of drug-likeness (QED) is 0.717. The number of amides is 1. The second-order valence-electron chi connectivity index (χ2n) is 7.23. The molecule has 0 bridgehead atoms. The Labute approximate surface area is 137 Å². The van der Waals surface area contributed by atoms with Crippen LogP contribution in [-0.4, -0.2) is 41.4 Å². The van der Waals surface area contributed by atoms with Crippen LogP contribution >= 0.6 is 0 Å². The molecule has 3 N–H and O–H groups in total. The summed E-state index contributed by atoms with van der Waals surface area (Å²) in [5, 5.41) is 15.3. The SMILES string of the molecule is O=C(O)CCC(=O)NC1CCC(C2NC3CCCCC3O2)CC1. The third-order valence-corrected chi connectivity index (χ3v) is 5.53. The summed E-state index contributed by atoms with van der Waals surface area (Å²) in [6, 6.07) is 0.735. The van der Waals surface area contributed by atoms with Crippen LogP contribution in [0.15, 0.2) is 0 Å². The van der Waals surface area contributed by atoms with Gasteiger partial charge in [0.1, 0.15) is 6.23 Å². The number of ether oxygens (including phenoxy) is 1. The predicted octanol–water partition coefficient (Wildman–Crippen LogP) is 1.78. The van der Waals surface area contributed by atoms with Crippen LogP contribution in [0.1, 0.15) is 64.2 Å². The van der Waals surface area contributed by atoms with Gasteiger partial charge >= 0.3 is 5.97 Å². The normalized spacial score (nSPS) is 37.1. The Hall–Kier alpha value is -1.14. The van der Waals surface area contributed by atoms with Gasteiger partial charge in [-0.1, -0.05) is 12.8 Å². The molecule has 3 rings (SSSR count). The van der Waals surface area contributed by atoms with Crippen molar-refractivity contribution in [1.82, 2.24) is 10.6 Å². The van der Waals surface area contributed by atoms with Crippen LogP contribution in [0, 0.1) is 5.92 Å². The maximum absolute atomic E-state index is 11.7. The molecule has 130 valence electrons. The molecule has 1 saturated heterocycles. The molecule has 3 fully saturated rings. The topological polar surface area (TPSA) is 87.7 Å². The number of fused-ring (bicyclic) bond motifs is 1. The average Bonchev–Trinajstić information content (AvgIpc) is 2.97. The number of carbonyl (C=O) groups is 2. The Morgan fingerprint density at radius 1 is 1.04 bits per heavy atom. The Morgan fingerprint density at radius 3 is 2.48 bits per heavy atom. The van der Waals surface area contributed by atoms with Crippen LogP contribution in [0.2, 0.25) is 0 Å². The molecule has 0 spiro atoms. The summed E-state index contributed by atoms with van der Waals surface area (Å²) in [6.07, 6.45) is 9.61. The summed E-state index contributed by atoms with van der Waals surface area (Å²) in [4.78, 5) is 22.2. The molecule has 0 aromatic carbocycles. The summed E-state index contributed by atoms with van der Waals surface area (Å²) < 4.78 is 6.22. The molecule has 6 heteroatoms. The molecule has 2 saturated carbocycles. The summed E-state index contributed by atoms with van der Waals surface area (Å²) in [5.74, 6) is -0.528. The molecule has 0 aromatic rings. The van der Waals surface area contributed by atoms with Crippen LogP contribution in [0.5, 0.6) is 0 Å². The average molecular weight is 324 g/mol. The molecule has 0 radical (unpaired) electrons. The molecule has 1 heterocycles. The Morgan fingerprint density at radius 2 is 1.78 bits per heavy atom. The van der Waals surface area contributed by atoms with Crippen LogP contribution in [0.25, 0.3) is 0 Å². The van der Waals surface area contributed by atoms with Crippen LogP contribution in [0.4, 0.5) is 0 Å². The van der Waals surface area contributed by atoms with Gasteiger partial charge in [0.25, 0.3) is 0 Å². The summed E-state index contributed by atoms with van der Waals surface area (Å²) in [5.41, 5.74) is 0. The summed E-state index contributed by atoms with van der Waals surface area (Å²) in [6.45, 7) is 0. The van der Waals surface area contributed by atoms with Crippen LogP contribution in [0.3, 0.4) is 0 Å². The Balaban J connectivity index is 1.39. The van der Waals surface area contributed by atoms with E-state index >= 15 is 0 Å². The third-order valence-electron chi connectivity index (χ3n) is 5.53. The number of aliphatic carboxylic acids is 1. The molecular weight excluding hydrogens is 296 g/mol. The highest BCUT2D eigenvalue weighted by molar-refractivity contribution is 5.80. The highest BCUT2D eigenvalue weighted by atomic mass is 16.5. The highest BCUT2D eigenvalue weighted by Gasteiger charge is 2.40. The summed E-state index contributed by atoms with van der Waals surface area (Å²) >= 11 is 0. The van der Waals surface area contributed by atoms with Gasteiger partial charge in [0.2, 0.25) is 5.91 Å². The molecule has 6 nitrogen and oxygen atoms in total. The van der Waals surface area contributed by atoms with E-state index in [-0.39, 0.29) is 31.0 Å². The van der Waals surface area contributed by atoms with Gasteiger partial charge in [-0.15, -0.1) is 0 Å². The first-order valence-electron chi connectivity index (χ1n) is 9.04. The molecule has 0 aromatic heterocycles. The van der Waals surface area contributed by atoms with Gasteiger partial charge in [0.15, 0.2) is 0 Å². The van der Waals surface area contributed by atoms with Crippen molar-refractivity contribution in [2.45, 2.75) is 88.6 Å². The number of rotatable bonds is 5. The second kappa shape index (κ2) is 7.62. The summed E-state index contributed by atoms with van der Waals surface area (Å²) in [7, 11) is 0. The van der Waals surface area contributed by atoms with Crippen molar-refractivity contribution in [3.8, 4) is 0 Å². The minimum absolute atomic E-state index is 0.0753. The first kappa shape index (κ1) is 16.7. The number of carbonyl (C=O) groups excluding carboxylic acids is 1. The predicted molar refractivity (Wildman–Crippen MR) is 84.8 cm³/mol. The maximum atomic E-state index is 11.7. The van der Waals surface area contributed by atoms with Crippen LogP contribution < -0.4 is 10.6 Å². The smallest absolute Gasteiger partial charge is 0.303 e. The van der Waals surface area contributed by atoms with Gasteiger partial charge < -0.3 is 15.2 Å². The number of hydrogen-bond acceptors (Lipinski definition) is 4. The van der Waals surface area contributed by atoms with Gasteiger partial charge in [0, 0.05) is 18.5 Å². The van der Waals surface area contributed by atoms with Gasteiger partial charge in [-0.05, 0) is 44.4 Å². The lowest BCUT2D eigenvalue weighted by molar-refractivity contribution is -0.139. The zero-order valence-electron chi connectivity index (χ0n) is 13.6. The van der Waals surface area contributed by atoms with E-state index in [1.54, 1.807) is 0 Å². The van der Waals surface area contributed by atoms with Crippen molar-refractivity contribution < 1.29 is 19.4 Å². The largest absolute Gasteiger partial charge is 0.481 e. The highest BCUT2D eigenvalue weighted by Crippen LogP contribution is 2.34. The lowest BCUT2D eigenvalue weighted by Crippen LogP contribution is -2.42. The standard InChI is InChI=1S/C17H28N2O4/c20-15(9-10-16(21)22)18-12-7-5-11(6-8-12)17-19-13-3-1-2-4-14(13)23-17/h11-14,17,19H,1-10H2,(H,18,20)(H,21,22). The molecule has 2 aliphatic carbocycles. The molecule has 3 unspecified atom stereocenters. The zero-order chi connectivity index (χ0) is 16.2. The van der Waals surface area contributed by atoms with Crippen molar-refractivity contribution in [3.63, 3.8) is 0 Å². The lowest BCUT2D eigenvalue weighted by atomic mass is 9.84. The monoisotopic (exact) mass is 324 g/mol. The van der Waals surface area contributed by atoms with Gasteiger partial charge in [0.05, 0.1) is 12.5 Å². The molecule has 3 atom stereocenters. The first-order valence-corrected chi connectivity index (χ1v) is 9.04. The van der Waals surface area contributed by atoms with Crippen molar-refractivity contribution in [3.05, 3.63) is 0 Å². The van der Waals surface area contributed by atoms with Crippen molar-refractivity contribution in [1.29, 1.82) is 0 Å². The van der Waals surface area contributed by atoms with E-state index in [0.717, 1.165) is 25.7 Å². The van der Waals surface area contributed by atoms with E-state index in [1.807, 2.05) is 0 Å². The van der Waals surface area contributed by atoms with E-state index in [9.17, 15) is 9.59 Å². The molecular formula is C17H28N2O4. The minimum atomic E-state index is -0.921. The Kier molecular flexibility index (Phi) is 5.54. The van der Waals surface area contributed by atoms with Gasteiger partial charge in [-0.2, -0.15) is 0 Å². The molecule has 1 aliphatic heterocycles. The number of hydrogen-bond donors (Lipinski definition) is 3. The fraction of sp³-hybridized carbons (Fsp3) is 0.882. The van der Waals surface area contributed by atoms with E-state index in [0.29, 0.717) is 18.1 Å². The van der Waals surface area contributed by atoms with E-state index in [1.165, 1.54) is 25.7 Å². The number of carboxylic acids is 1. The number of carboxylic acid groups (broad SMARTS) is 1. The third kappa shape index (κ3) is 4.44. The fourth-order valence-corrected chi connectivity index (χ4v) is 4.22. The second-order valence-corrected chi connectivity index (χ2v) is 7.23. The fourth-order valence-electron chi connectivity index (χ4n) is 4.22. The van der Waals surface area contributed by atoms with Crippen LogP contribution in [-0.2, 0) is 14.3 Å². The van der Waals surface area contributed by atoms with E-state index in [4.69, 9.17) is 9.84 Å². The molecule has 23 heavy (non-hydrogen) atoms. The van der Waals surface area contributed by atoms with Gasteiger partial charge in [-0.3, -0.25) is 14.9 Å². The zero-order valence-corrected chi connectivity index (χ0v) is 13.6. The van der Waals surface area contributed by atoms with Crippen molar-refractivity contribution in [2.75, 3.05) is 0 Å². The van der Waals surface area contributed by atoms with Gasteiger partial charge in [-0.25, -0.2) is 0 Å². The minimum Gasteiger partial charge on any atom is -0.481 e. The molecule has 3 aliphatic rings. The first-order chi connectivity index (χ1) is 11.1. The van der Waals surface area contributed by atoms with Crippen molar-refractivity contribution >= 4 is 11.9 Å².